The number of aromatic carboxylic acids is 1. The van der Waals surface area contributed by atoms with E-state index < -0.39 is 18.5 Å². The average Bonchev–Trinajstić information content (AvgIpc) is 3.13. The van der Waals surface area contributed by atoms with E-state index in [1.165, 1.54) is 35.5 Å². The summed E-state index contributed by atoms with van der Waals surface area (Å²) in [6.07, 6.45) is 3.84. The maximum atomic E-state index is 12.7. The number of likely N-dealkylation sites (tertiary alicyclic amines) is 1. The fourth-order valence-corrected chi connectivity index (χ4v) is 3.19. The molecule has 0 spiro atoms. The topological polar surface area (TPSA) is 84.7 Å². The molecule has 1 aromatic carbocycles. The minimum Gasteiger partial charge on any atom is -0.478 e. The van der Waals surface area contributed by atoms with Crippen LogP contribution in [0, 0.1) is 0 Å². The van der Waals surface area contributed by atoms with E-state index in [-0.39, 0.29) is 27.9 Å². The molecule has 27 heavy (non-hydrogen) atoms. The number of piperidine rings is 1. The van der Waals surface area contributed by atoms with Crippen LogP contribution in [-0.4, -0.2) is 51.4 Å². The molecule has 1 N–H and O–H groups in total. The summed E-state index contributed by atoms with van der Waals surface area (Å²) in [5, 5.41) is 13.3. The second-order valence-electron chi connectivity index (χ2n) is 6.06. The first kappa shape index (κ1) is 19.1. The summed E-state index contributed by atoms with van der Waals surface area (Å²) in [4.78, 5) is 25.2. The van der Waals surface area contributed by atoms with Gasteiger partial charge in [-0.05, 0) is 31.0 Å². The number of hydrogen-bond donors (Lipinski definition) is 1. The number of hydrogen-bond acceptors (Lipinski definition) is 4. The molecule has 10 heteroatoms. The lowest BCUT2D eigenvalue weighted by molar-refractivity contribution is -0.0503. The van der Waals surface area contributed by atoms with Crippen molar-refractivity contribution in [1.29, 1.82) is 0 Å². The van der Waals surface area contributed by atoms with Crippen molar-refractivity contribution >= 4 is 23.5 Å². The van der Waals surface area contributed by atoms with E-state index in [1.807, 2.05) is 0 Å². The number of halogens is 3. The molecule has 0 aliphatic carbocycles. The van der Waals surface area contributed by atoms with E-state index in [4.69, 9.17) is 16.7 Å². The summed E-state index contributed by atoms with van der Waals surface area (Å²) in [7, 11) is 0. The molecule has 0 bridgehead atoms. The molecule has 0 saturated carbocycles. The molecule has 144 valence electrons. The number of alkyl halides is 2. The lowest BCUT2D eigenvalue weighted by Crippen LogP contribution is -2.39. The number of carbonyl (C=O) groups is 2. The Morgan fingerprint density at radius 2 is 2.00 bits per heavy atom. The van der Waals surface area contributed by atoms with Crippen LogP contribution < -0.4 is 4.74 Å². The van der Waals surface area contributed by atoms with E-state index >= 15 is 0 Å². The number of amides is 1. The van der Waals surface area contributed by atoms with E-state index in [2.05, 4.69) is 9.84 Å². The molecule has 2 aromatic rings. The van der Waals surface area contributed by atoms with Gasteiger partial charge in [-0.3, -0.25) is 9.48 Å². The number of ether oxygens (including phenoxy) is 1. The Kier molecular flexibility index (Phi) is 5.59. The minimum absolute atomic E-state index is 0.0199. The van der Waals surface area contributed by atoms with Crippen LogP contribution in [0.25, 0.3) is 0 Å². The van der Waals surface area contributed by atoms with Crippen molar-refractivity contribution in [2.24, 2.45) is 0 Å². The van der Waals surface area contributed by atoms with Gasteiger partial charge in [-0.15, -0.1) is 0 Å². The van der Waals surface area contributed by atoms with Crippen LogP contribution in [0.3, 0.4) is 0 Å². The highest BCUT2D eigenvalue weighted by Crippen LogP contribution is 2.29. The third kappa shape index (κ3) is 4.36. The predicted octanol–water partition coefficient (Wildman–Crippen LogP) is 3.31. The summed E-state index contributed by atoms with van der Waals surface area (Å²) >= 11 is 5.89. The van der Waals surface area contributed by atoms with Crippen LogP contribution in [0.2, 0.25) is 5.02 Å². The van der Waals surface area contributed by atoms with E-state index in [9.17, 15) is 18.4 Å². The van der Waals surface area contributed by atoms with Crippen LogP contribution >= 0.6 is 11.6 Å². The van der Waals surface area contributed by atoms with Gasteiger partial charge >= 0.3 is 12.6 Å². The maximum absolute atomic E-state index is 12.7. The fraction of sp³-hybridized carbons (Fsp3) is 0.353. The van der Waals surface area contributed by atoms with Gasteiger partial charge < -0.3 is 14.7 Å². The normalized spacial score (nSPS) is 15.2. The van der Waals surface area contributed by atoms with Gasteiger partial charge in [0, 0.05) is 24.3 Å². The fourth-order valence-electron chi connectivity index (χ4n) is 3.02. The van der Waals surface area contributed by atoms with Crippen LogP contribution in [0.4, 0.5) is 8.78 Å². The number of nitrogens with zero attached hydrogens (tertiary/aromatic N) is 3. The first-order valence-electron chi connectivity index (χ1n) is 8.16. The highest BCUT2D eigenvalue weighted by Gasteiger charge is 2.27. The number of carboxylic acid groups (broad SMARTS) is 1. The zero-order chi connectivity index (χ0) is 19.6. The number of carboxylic acids is 1. The van der Waals surface area contributed by atoms with Gasteiger partial charge in [0.05, 0.1) is 23.4 Å². The summed E-state index contributed by atoms with van der Waals surface area (Å²) in [5.74, 6) is -1.72. The minimum atomic E-state index is -3.05. The lowest BCUT2D eigenvalue weighted by atomic mass is 10.0. The molecule has 1 aliphatic rings. The Morgan fingerprint density at radius 1 is 1.30 bits per heavy atom. The zero-order valence-electron chi connectivity index (χ0n) is 14.0. The second kappa shape index (κ2) is 7.91. The number of rotatable bonds is 5. The molecule has 1 aliphatic heterocycles. The van der Waals surface area contributed by atoms with Crippen molar-refractivity contribution in [2.45, 2.75) is 25.5 Å². The average molecular weight is 400 g/mol. The lowest BCUT2D eigenvalue weighted by Gasteiger charge is -2.32. The largest absolute Gasteiger partial charge is 0.478 e. The third-order valence-corrected chi connectivity index (χ3v) is 4.60. The Bertz CT molecular complexity index is 850. The highest BCUT2D eigenvalue weighted by molar-refractivity contribution is 6.31. The number of aromatic nitrogens is 2. The standard InChI is InChI=1S/C17H16ClF2N3O4/c18-11-1-2-14(27-17(19)20)13(7-11)15(24)22-5-3-12(4-6-22)23-9-10(8-21-23)16(25)26/h1-2,7-9,12,17H,3-6H2,(H,25,26). The SMILES string of the molecule is O=C(O)c1cnn(C2CCN(C(=O)c3cc(Cl)ccc3OC(F)F)CC2)c1. The first-order chi connectivity index (χ1) is 12.8. The number of benzene rings is 1. The van der Waals surface area contributed by atoms with E-state index in [0.29, 0.717) is 25.9 Å². The quantitative estimate of drug-likeness (QED) is 0.833. The molecule has 3 rings (SSSR count). The van der Waals surface area contributed by atoms with Crippen LogP contribution in [0.5, 0.6) is 5.75 Å². The third-order valence-electron chi connectivity index (χ3n) is 4.36. The molecule has 1 fully saturated rings. The van der Waals surface area contributed by atoms with Crippen molar-refractivity contribution in [2.75, 3.05) is 13.1 Å². The van der Waals surface area contributed by atoms with Gasteiger partial charge in [0.25, 0.3) is 5.91 Å². The van der Waals surface area contributed by atoms with Crippen molar-refractivity contribution < 1.29 is 28.2 Å². The van der Waals surface area contributed by atoms with Gasteiger partial charge in [-0.25, -0.2) is 4.79 Å². The molecule has 1 saturated heterocycles. The second-order valence-corrected chi connectivity index (χ2v) is 6.49. The van der Waals surface area contributed by atoms with Crippen molar-refractivity contribution in [3.05, 3.63) is 46.7 Å². The van der Waals surface area contributed by atoms with Crippen LogP contribution in [0.15, 0.2) is 30.6 Å². The van der Waals surface area contributed by atoms with Crippen molar-refractivity contribution in [3.63, 3.8) is 0 Å². The van der Waals surface area contributed by atoms with Gasteiger partial charge in [0.15, 0.2) is 0 Å². The molecular weight excluding hydrogens is 384 g/mol. The maximum Gasteiger partial charge on any atom is 0.387 e. The summed E-state index contributed by atoms with van der Waals surface area (Å²) in [5.41, 5.74) is 0.0784. The summed E-state index contributed by atoms with van der Waals surface area (Å²) in [6, 6.07) is 3.88. The Balaban J connectivity index is 1.69. The van der Waals surface area contributed by atoms with E-state index in [1.54, 1.807) is 4.68 Å². The predicted molar refractivity (Wildman–Crippen MR) is 91.4 cm³/mol. The van der Waals surface area contributed by atoms with Gasteiger partial charge in [0.2, 0.25) is 0 Å². The Labute approximate surface area is 158 Å². The Morgan fingerprint density at radius 3 is 2.59 bits per heavy atom. The molecule has 0 unspecified atom stereocenters. The van der Waals surface area contributed by atoms with E-state index in [0.717, 1.165) is 0 Å². The van der Waals surface area contributed by atoms with Gasteiger partial charge in [-0.1, -0.05) is 11.6 Å². The molecule has 1 aromatic heterocycles. The van der Waals surface area contributed by atoms with Crippen molar-refractivity contribution in [1.82, 2.24) is 14.7 Å². The van der Waals surface area contributed by atoms with Crippen LogP contribution in [0.1, 0.15) is 39.6 Å². The summed E-state index contributed by atoms with van der Waals surface area (Å²) in [6.45, 7) is -2.31. The molecule has 7 nitrogen and oxygen atoms in total. The number of carbonyl (C=O) groups excluding carboxylic acids is 1. The molecule has 0 radical (unpaired) electrons. The van der Waals surface area contributed by atoms with Crippen molar-refractivity contribution in [3.8, 4) is 5.75 Å². The van der Waals surface area contributed by atoms with Gasteiger partial charge in [0.1, 0.15) is 5.75 Å². The Hall–Kier alpha value is -2.68. The molecule has 1 amide bonds. The molecular formula is C17H16ClF2N3O4. The zero-order valence-corrected chi connectivity index (χ0v) is 14.8. The highest BCUT2D eigenvalue weighted by atomic mass is 35.5. The first-order valence-corrected chi connectivity index (χ1v) is 8.54. The van der Waals surface area contributed by atoms with Gasteiger partial charge in [-0.2, -0.15) is 13.9 Å². The molecule has 2 heterocycles. The summed E-state index contributed by atoms with van der Waals surface area (Å²) < 4.78 is 31.1. The molecule has 0 atom stereocenters. The monoisotopic (exact) mass is 399 g/mol. The van der Waals surface area contributed by atoms with Crippen LogP contribution in [-0.2, 0) is 0 Å². The smallest absolute Gasteiger partial charge is 0.387 e.